The minimum atomic E-state index is -4.48. The summed E-state index contributed by atoms with van der Waals surface area (Å²) in [6.45, 7) is 1.51. The van der Waals surface area contributed by atoms with Crippen LogP contribution in [0.15, 0.2) is 30.3 Å². The maximum absolute atomic E-state index is 12.4. The summed E-state index contributed by atoms with van der Waals surface area (Å²) in [7, 11) is 0. The Morgan fingerprint density at radius 3 is 2.33 bits per heavy atom. The van der Waals surface area contributed by atoms with E-state index in [0.717, 1.165) is 5.56 Å². The van der Waals surface area contributed by atoms with Gasteiger partial charge < -0.3 is 5.32 Å². The first-order chi connectivity index (χ1) is 8.49. The first-order valence-corrected chi connectivity index (χ1v) is 5.73. The summed E-state index contributed by atoms with van der Waals surface area (Å²) in [6.07, 6.45) is -3.81. The third-order valence-corrected chi connectivity index (χ3v) is 2.73. The summed E-state index contributed by atoms with van der Waals surface area (Å²) in [6, 6.07) is 10.4. The first-order valence-electron chi connectivity index (χ1n) is 5.73. The summed E-state index contributed by atoms with van der Waals surface area (Å²) < 4.78 is 37.2. The Labute approximate surface area is 104 Å². The van der Waals surface area contributed by atoms with Crippen LogP contribution in [0.5, 0.6) is 0 Å². The number of hydrogen-bond donors (Lipinski definition) is 1. The van der Waals surface area contributed by atoms with Crippen LogP contribution in [0.2, 0.25) is 0 Å². The molecule has 0 amide bonds. The van der Waals surface area contributed by atoms with E-state index in [1.54, 1.807) is 0 Å². The number of rotatable bonds is 5. The highest BCUT2D eigenvalue weighted by atomic mass is 19.4. The molecule has 0 aliphatic carbocycles. The zero-order valence-corrected chi connectivity index (χ0v) is 10.0. The lowest BCUT2D eigenvalue weighted by atomic mass is 10.0. The lowest BCUT2D eigenvalue weighted by Gasteiger charge is -2.20. The molecule has 0 bridgehead atoms. The van der Waals surface area contributed by atoms with Gasteiger partial charge in [0.05, 0.1) is 6.07 Å². The van der Waals surface area contributed by atoms with E-state index < -0.39 is 12.1 Å². The number of halogens is 3. The molecule has 0 heterocycles. The molecule has 1 aromatic rings. The van der Waals surface area contributed by atoms with Gasteiger partial charge >= 0.3 is 6.18 Å². The SMILES string of the molecule is CCC(NCC(C#N)C(F)(F)F)c1ccccc1. The Bertz CT molecular complexity index is 395. The van der Waals surface area contributed by atoms with Crippen molar-refractivity contribution in [1.29, 1.82) is 5.26 Å². The Morgan fingerprint density at radius 1 is 1.28 bits per heavy atom. The van der Waals surface area contributed by atoms with Gasteiger partial charge in [-0.15, -0.1) is 0 Å². The Kier molecular flexibility index (Phi) is 5.17. The van der Waals surface area contributed by atoms with Crippen LogP contribution < -0.4 is 5.32 Å². The third kappa shape index (κ3) is 4.04. The molecule has 18 heavy (non-hydrogen) atoms. The van der Waals surface area contributed by atoms with Gasteiger partial charge in [0.1, 0.15) is 0 Å². The van der Waals surface area contributed by atoms with Crippen molar-refractivity contribution in [2.45, 2.75) is 25.6 Å². The van der Waals surface area contributed by atoms with Gasteiger partial charge in [-0.25, -0.2) is 0 Å². The second-order valence-electron chi connectivity index (χ2n) is 4.00. The summed E-state index contributed by atoms with van der Waals surface area (Å²) in [5.74, 6) is -1.96. The molecule has 0 aliphatic rings. The fourth-order valence-corrected chi connectivity index (χ4v) is 1.68. The van der Waals surface area contributed by atoms with Gasteiger partial charge in [0, 0.05) is 12.6 Å². The molecule has 1 N–H and O–H groups in total. The van der Waals surface area contributed by atoms with Gasteiger partial charge in [0.25, 0.3) is 0 Å². The average molecular weight is 256 g/mol. The second kappa shape index (κ2) is 6.41. The van der Waals surface area contributed by atoms with Crippen LogP contribution in [0, 0.1) is 17.2 Å². The Balaban J connectivity index is 2.64. The van der Waals surface area contributed by atoms with Crippen molar-refractivity contribution < 1.29 is 13.2 Å². The highest BCUT2D eigenvalue weighted by molar-refractivity contribution is 5.18. The van der Waals surface area contributed by atoms with Gasteiger partial charge in [0.15, 0.2) is 5.92 Å². The maximum Gasteiger partial charge on any atom is 0.405 e. The fourth-order valence-electron chi connectivity index (χ4n) is 1.68. The van der Waals surface area contributed by atoms with Gasteiger partial charge in [-0.05, 0) is 12.0 Å². The molecule has 1 rings (SSSR count). The van der Waals surface area contributed by atoms with E-state index in [4.69, 9.17) is 5.26 Å². The van der Waals surface area contributed by atoms with Crippen LogP contribution in [-0.2, 0) is 0 Å². The topological polar surface area (TPSA) is 35.8 Å². The summed E-state index contributed by atoms with van der Waals surface area (Å²) >= 11 is 0. The summed E-state index contributed by atoms with van der Waals surface area (Å²) in [5.41, 5.74) is 0.930. The van der Waals surface area contributed by atoms with E-state index in [-0.39, 0.29) is 12.6 Å². The van der Waals surface area contributed by atoms with E-state index in [0.29, 0.717) is 6.42 Å². The first kappa shape index (κ1) is 14.5. The van der Waals surface area contributed by atoms with Crippen LogP contribution in [-0.4, -0.2) is 12.7 Å². The molecule has 1 aromatic carbocycles. The molecule has 0 spiro atoms. The van der Waals surface area contributed by atoms with E-state index in [2.05, 4.69) is 5.32 Å². The summed E-state index contributed by atoms with van der Waals surface area (Å²) in [5, 5.41) is 11.3. The molecular weight excluding hydrogens is 241 g/mol. The predicted octanol–water partition coefficient (Wildman–Crippen LogP) is 3.43. The van der Waals surface area contributed by atoms with Crippen molar-refractivity contribution in [1.82, 2.24) is 5.32 Å². The minimum absolute atomic E-state index is 0.163. The van der Waals surface area contributed by atoms with Crippen LogP contribution >= 0.6 is 0 Å². The van der Waals surface area contributed by atoms with Gasteiger partial charge in [-0.1, -0.05) is 37.3 Å². The largest absolute Gasteiger partial charge is 0.405 e. The highest BCUT2D eigenvalue weighted by Gasteiger charge is 2.39. The fraction of sp³-hybridized carbons (Fsp3) is 0.462. The summed E-state index contributed by atoms with van der Waals surface area (Å²) in [4.78, 5) is 0. The van der Waals surface area contributed by atoms with Crippen molar-refractivity contribution in [2.24, 2.45) is 5.92 Å². The number of nitrogens with one attached hydrogen (secondary N) is 1. The molecule has 0 aliphatic heterocycles. The predicted molar refractivity (Wildman–Crippen MR) is 62.6 cm³/mol. The van der Waals surface area contributed by atoms with Crippen molar-refractivity contribution >= 4 is 0 Å². The van der Waals surface area contributed by atoms with Crippen LogP contribution in [0.4, 0.5) is 13.2 Å². The van der Waals surface area contributed by atoms with Crippen molar-refractivity contribution in [3.05, 3.63) is 35.9 Å². The monoisotopic (exact) mass is 256 g/mol. The molecule has 2 atom stereocenters. The van der Waals surface area contributed by atoms with Crippen molar-refractivity contribution in [3.63, 3.8) is 0 Å². The maximum atomic E-state index is 12.4. The quantitative estimate of drug-likeness (QED) is 0.876. The van der Waals surface area contributed by atoms with Crippen LogP contribution in [0.1, 0.15) is 24.9 Å². The number of hydrogen-bond acceptors (Lipinski definition) is 2. The van der Waals surface area contributed by atoms with E-state index in [1.807, 2.05) is 37.3 Å². The van der Waals surface area contributed by atoms with Crippen molar-refractivity contribution in [3.8, 4) is 6.07 Å². The number of nitrogens with zero attached hydrogens (tertiary/aromatic N) is 1. The molecule has 5 heteroatoms. The van der Waals surface area contributed by atoms with Gasteiger partial charge in [0.2, 0.25) is 0 Å². The van der Waals surface area contributed by atoms with Gasteiger partial charge in [-0.3, -0.25) is 0 Å². The molecule has 0 saturated carbocycles. The van der Waals surface area contributed by atoms with Crippen LogP contribution in [0.3, 0.4) is 0 Å². The minimum Gasteiger partial charge on any atom is -0.308 e. The number of alkyl halides is 3. The molecule has 0 radical (unpaired) electrons. The zero-order valence-electron chi connectivity index (χ0n) is 10.0. The molecule has 2 unspecified atom stereocenters. The number of benzene rings is 1. The van der Waals surface area contributed by atoms with Crippen LogP contribution in [0.25, 0.3) is 0 Å². The molecular formula is C13H15F3N2. The normalized spacial score (nSPS) is 14.8. The van der Waals surface area contributed by atoms with E-state index in [1.165, 1.54) is 6.07 Å². The molecule has 98 valence electrons. The molecule has 0 fully saturated rings. The molecule has 0 aromatic heterocycles. The smallest absolute Gasteiger partial charge is 0.308 e. The lowest BCUT2D eigenvalue weighted by molar-refractivity contribution is -0.158. The average Bonchev–Trinajstić information content (AvgIpc) is 2.34. The highest BCUT2D eigenvalue weighted by Crippen LogP contribution is 2.26. The number of nitriles is 1. The second-order valence-corrected chi connectivity index (χ2v) is 4.00. The Hall–Kier alpha value is -1.54. The van der Waals surface area contributed by atoms with Crippen molar-refractivity contribution in [2.75, 3.05) is 6.54 Å². The zero-order chi connectivity index (χ0) is 13.6. The standard InChI is InChI=1S/C13H15F3N2/c1-2-12(10-6-4-3-5-7-10)18-9-11(8-17)13(14,15)16/h3-7,11-12,18H,2,9H2,1H3. The van der Waals surface area contributed by atoms with Gasteiger partial charge in [-0.2, -0.15) is 18.4 Å². The van der Waals surface area contributed by atoms with E-state index >= 15 is 0 Å². The van der Waals surface area contributed by atoms with E-state index in [9.17, 15) is 13.2 Å². The third-order valence-electron chi connectivity index (χ3n) is 2.73. The molecule has 2 nitrogen and oxygen atoms in total. The lowest BCUT2D eigenvalue weighted by Crippen LogP contribution is -2.34. The molecule has 0 saturated heterocycles. The Morgan fingerprint density at radius 2 is 1.89 bits per heavy atom.